The van der Waals surface area contributed by atoms with Crippen LogP contribution in [0.4, 0.5) is 0 Å². The third kappa shape index (κ3) is 6.09. The second kappa shape index (κ2) is 11.3. The summed E-state index contributed by atoms with van der Waals surface area (Å²) in [6, 6.07) is 25.4. The van der Waals surface area contributed by atoms with Crippen LogP contribution in [0.15, 0.2) is 90.3 Å². The van der Waals surface area contributed by atoms with E-state index in [4.69, 9.17) is 0 Å². The number of pyridine rings is 1. The van der Waals surface area contributed by atoms with Crippen molar-refractivity contribution in [3.8, 4) is 0 Å². The molecule has 0 bridgehead atoms. The van der Waals surface area contributed by atoms with Gasteiger partial charge in [-0.05, 0) is 17.2 Å². The summed E-state index contributed by atoms with van der Waals surface area (Å²) in [4.78, 5) is 21.1. The number of hydrogen-bond donors (Lipinski definition) is 1. The van der Waals surface area contributed by atoms with Crippen molar-refractivity contribution in [3.63, 3.8) is 0 Å². The fraction of sp³-hybridized carbons (Fsp3) is 0.269. The van der Waals surface area contributed by atoms with Crippen molar-refractivity contribution in [2.75, 3.05) is 32.7 Å². The summed E-state index contributed by atoms with van der Waals surface area (Å²) >= 11 is 0. The van der Waals surface area contributed by atoms with Crippen molar-refractivity contribution in [1.82, 2.24) is 20.2 Å². The number of carbonyl (C=O) groups excluding carboxylic acids is 1. The lowest BCUT2D eigenvalue weighted by Gasteiger charge is -2.39. The average Bonchev–Trinajstić information content (AvgIpc) is 2.86. The van der Waals surface area contributed by atoms with Crippen molar-refractivity contribution in [2.45, 2.75) is 12.5 Å². The number of nitrogens with one attached hydrogen (secondary N) is 1. The second-order valence-electron chi connectivity index (χ2n) is 7.93. The van der Waals surface area contributed by atoms with E-state index < -0.39 is 0 Å². The molecule has 164 valence electrons. The molecule has 0 unspecified atom stereocenters. The molecular weight excluding hydrogens is 398 g/mol. The molecule has 6 nitrogen and oxygen atoms in total. The number of benzene rings is 2. The summed E-state index contributed by atoms with van der Waals surface area (Å²) in [5.41, 5.74) is 6.10. The smallest absolute Gasteiger partial charge is 0.241 e. The molecule has 1 N–H and O–H groups in total. The minimum atomic E-state index is -0.0704. The van der Waals surface area contributed by atoms with E-state index in [0.717, 1.165) is 38.3 Å². The van der Waals surface area contributed by atoms with Gasteiger partial charge in [0.25, 0.3) is 0 Å². The van der Waals surface area contributed by atoms with E-state index in [1.165, 1.54) is 11.1 Å². The first kappa shape index (κ1) is 21.9. The molecule has 1 aliphatic rings. The molecule has 0 radical (unpaired) electrons. The van der Waals surface area contributed by atoms with Crippen LogP contribution in [-0.2, 0) is 4.79 Å². The van der Waals surface area contributed by atoms with Crippen LogP contribution in [0, 0.1) is 0 Å². The Kier molecular flexibility index (Phi) is 7.74. The molecule has 1 saturated heterocycles. The number of piperazine rings is 1. The van der Waals surface area contributed by atoms with Gasteiger partial charge in [-0.2, -0.15) is 5.10 Å². The number of nitrogens with zero attached hydrogens (tertiary/aromatic N) is 4. The van der Waals surface area contributed by atoms with Gasteiger partial charge in [-0.15, -0.1) is 0 Å². The molecule has 2 heterocycles. The Morgan fingerprint density at radius 2 is 1.59 bits per heavy atom. The summed E-state index contributed by atoms with van der Waals surface area (Å²) in [5.74, 6) is -0.0704. The number of amides is 1. The lowest BCUT2D eigenvalue weighted by Crippen LogP contribution is -2.48. The fourth-order valence-electron chi connectivity index (χ4n) is 4.08. The number of carbonyl (C=O) groups is 1. The fourth-order valence-corrected chi connectivity index (χ4v) is 4.08. The van der Waals surface area contributed by atoms with Gasteiger partial charge < -0.3 is 4.90 Å². The minimum Gasteiger partial charge on any atom is -0.300 e. The summed E-state index contributed by atoms with van der Waals surface area (Å²) < 4.78 is 0. The van der Waals surface area contributed by atoms with Crippen LogP contribution in [0.5, 0.6) is 0 Å². The summed E-state index contributed by atoms with van der Waals surface area (Å²) in [6.45, 7) is 4.57. The predicted octanol–water partition coefficient (Wildman–Crippen LogP) is 3.33. The van der Waals surface area contributed by atoms with Crippen LogP contribution < -0.4 is 5.43 Å². The van der Waals surface area contributed by atoms with E-state index in [0.29, 0.717) is 6.42 Å². The molecular formula is C26H29N5O. The molecule has 32 heavy (non-hydrogen) atoms. The van der Waals surface area contributed by atoms with Gasteiger partial charge >= 0.3 is 0 Å². The van der Waals surface area contributed by atoms with E-state index in [1.807, 2.05) is 12.1 Å². The van der Waals surface area contributed by atoms with Crippen LogP contribution in [0.1, 0.15) is 29.2 Å². The highest BCUT2D eigenvalue weighted by atomic mass is 16.2. The number of aromatic nitrogens is 1. The summed E-state index contributed by atoms with van der Waals surface area (Å²) in [5, 5.41) is 4.02. The number of hydrogen-bond acceptors (Lipinski definition) is 5. The Hall–Kier alpha value is -3.35. The number of rotatable bonds is 8. The van der Waals surface area contributed by atoms with E-state index in [-0.39, 0.29) is 11.9 Å². The van der Waals surface area contributed by atoms with Gasteiger partial charge in [0, 0.05) is 57.1 Å². The first-order chi connectivity index (χ1) is 15.8. The van der Waals surface area contributed by atoms with Gasteiger partial charge in [0.15, 0.2) is 0 Å². The van der Waals surface area contributed by atoms with E-state index in [1.54, 1.807) is 18.6 Å². The highest BCUT2D eigenvalue weighted by molar-refractivity contribution is 5.82. The topological polar surface area (TPSA) is 60.8 Å². The molecule has 1 aromatic heterocycles. The lowest BCUT2D eigenvalue weighted by atomic mass is 9.96. The average molecular weight is 428 g/mol. The van der Waals surface area contributed by atoms with Gasteiger partial charge in [0.2, 0.25) is 5.91 Å². The summed E-state index contributed by atoms with van der Waals surface area (Å²) in [7, 11) is 0. The molecule has 3 aromatic rings. The third-order valence-corrected chi connectivity index (χ3v) is 5.75. The Labute approximate surface area is 189 Å². The third-order valence-electron chi connectivity index (χ3n) is 5.75. The van der Waals surface area contributed by atoms with Gasteiger partial charge in [0.1, 0.15) is 0 Å². The van der Waals surface area contributed by atoms with Gasteiger partial charge in [-0.3, -0.25) is 14.7 Å². The Morgan fingerprint density at radius 1 is 0.938 bits per heavy atom. The summed E-state index contributed by atoms with van der Waals surface area (Å²) in [6.07, 6.45) is 5.45. The van der Waals surface area contributed by atoms with Gasteiger partial charge in [0.05, 0.1) is 12.3 Å². The van der Waals surface area contributed by atoms with Crippen LogP contribution >= 0.6 is 0 Å². The highest BCUT2D eigenvalue weighted by Crippen LogP contribution is 2.29. The highest BCUT2D eigenvalue weighted by Gasteiger charge is 2.26. The van der Waals surface area contributed by atoms with E-state index in [9.17, 15) is 4.79 Å². The largest absolute Gasteiger partial charge is 0.300 e. The van der Waals surface area contributed by atoms with Gasteiger partial charge in [-0.1, -0.05) is 66.7 Å². The standard InChI is InChI=1S/C26H29N5O/c32-25(29-28-21-22-8-7-14-27-20-22)13-15-30-16-18-31(19-17-30)26(23-9-3-1-4-10-23)24-11-5-2-6-12-24/h1-12,14,20-21,26H,13,15-19H2,(H,29,32)/b28-21+. The zero-order valence-corrected chi connectivity index (χ0v) is 18.2. The Bertz CT molecular complexity index is 947. The number of hydrazone groups is 1. The quantitative estimate of drug-likeness (QED) is 0.443. The molecule has 0 saturated carbocycles. The van der Waals surface area contributed by atoms with Crippen LogP contribution in [-0.4, -0.2) is 59.6 Å². The van der Waals surface area contributed by atoms with Crippen LogP contribution in [0.25, 0.3) is 0 Å². The molecule has 6 heteroatoms. The maximum Gasteiger partial charge on any atom is 0.241 e. The van der Waals surface area contributed by atoms with Gasteiger partial charge in [-0.25, -0.2) is 5.43 Å². The van der Waals surface area contributed by atoms with Crippen LogP contribution in [0.3, 0.4) is 0 Å². The SMILES string of the molecule is O=C(CCN1CCN(C(c2ccccc2)c2ccccc2)CC1)N/N=C/c1cccnc1. The monoisotopic (exact) mass is 427 g/mol. The van der Waals surface area contributed by atoms with Crippen molar-refractivity contribution < 1.29 is 4.79 Å². The maximum absolute atomic E-state index is 12.1. The maximum atomic E-state index is 12.1. The minimum absolute atomic E-state index is 0.0704. The van der Waals surface area contributed by atoms with E-state index >= 15 is 0 Å². The predicted molar refractivity (Wildman–Crippen MR) is 127 cm³/mol. The molecule has 0 spiro atoms. The van der Waals surface area contributed by atoms with Crippen molar-refractivity contribution in [1.29, 1.82) is 0 Å². The Morgan fingerprint density at radius 3 is 2.19 bits per heavy atom. The molecule has 1 amide bonds. The molecule has 0 aliphatic carbocycles. The molecule has 2 aromatic carbocycles. The Balaban J connectivity index is 1.27. The zero-order valence-electron chi connectivity index (χ0n) is 18.2. The second-order valence-corrected chi connectivity index (χ2v) is 7.93. The normalized spacial score (nSPS) is 15.3. The molecule has 1 aliphatic heterocycles. The van der Waals surface area contributed by atoms with Crippen LogP contribution in [0.2, 0.25) is 0 Å². The first-order valence-electron chi connectivity index (χ1n) is 11.1. The molecule has 1 fully saturated rings. The van der Waals surface area contributed by atoms with Crippen molar-refractivity contribution >= 4 is 12.1 Å². The molecule has 0 atom stereocenters. The first-order valence-corrected chi connectivity index (χ1v) is 11.1. The van der Waals surface area contributed by atoms with Crippen molar-refractivity contribution in [3.05, 3.63) is 102 Å². The van der Waals surface area contributed by atoms with E-state index in [2.05, 4.69) is 86.0 Å². The molecule has 4 rings (SSSR count). The van der Waals surface area contributed by atoms with Crippen molar-refractivity contribution in [2.24, 2.45) is 5.10 Å². The zero-order chi connectivity index (χ0) is 22.0. The lowest BCUT2D eigenvalue weighted by molar-refractivity contribution is -0.121.